The Morgan fingerprint density at radius 2 is 1.30 bits per heavy atom. The molecule has 0 aromatic heterocycles. The zero-order chi connectivity index (χ0) is 28.5. The van der Waals surface area contributed by atoms with Crippen molar-refractivity contribution in [2.24, 2.45) is 5.92 Å². The molecule has 0 aliphatic heterocycles. The SMILES string of the molecule is C/C=C/C1CC=C(c2ccc(-c3ccc(-c4ccc(OCCCCCCCC)c(F)c4F)cc3)c(F)c2F)CC1. The number of rotatable bonds is 12. The van der Waals surface area contributed by atoms with Crippen LogP contribution in [0.15, 0.2) is 66.8 Å². The molecule has 0 N–H and O–H groups in total. The van der Waals surface area contributed by atoms with E-state index in [4.69, 9.17) is 4.74 Å². The summed E-state index contributed by atoms with van der Waals surface area (Å²) in [4.78, 5) is 0. The first kappa shape index (κ1) is 29.6. The van der Waals surface area contributed by atoms with E-state index in [0.29, 0.717) is 35.6 Å². The summed E-state index contributed by atoms with van der Waals surface area (Å²) in [5.41, 5.74) is 2.23. The second-order valence-electron chi connectivity index (χ2n) is 10.5. The summed E-state index contributed by atoms with van der Waals surface area (Å²) in [6, 6.07) is 12.5. The summed E-state index contributed by atoms with van der Waals surface area (Å²) < 4.78 is 65.4. The van der Waals surface area contributed by atoms with Crippen molar-refractivity contribution < 1.29 is 22.3 Å². The molecule has 1 aliphatic rings. The molecule has 1 nitrogen and oxygen atoms in total. The van der Waals surface area contributed by atoms with Crippen molar-refractivity contribution in [1.82, 2.24) is 0 Å². The predicted molar refractivity (Wildman–Crippen MR) is 156 cm³/mol. The van der Waals surface area contributed by atoms with Crippen LogP contribution >= 0.6 is 0 Å². The Morgan fingerprint density at radius 1 is 0.725 bits per heavy atom. The molecule has 0 fully saturated rings. The fourth-order valence-corrected chi connectivity index (χ4v) is 5.33. The van der Waals surface area contributed by atoms with Crippen LogP contribution in [-0.2, 0) is 0 Å². The number of allylic oxidation sites excluding steroid dienone is 4. The zero-order valence-corrected chi connectivity index (χ0v) is 23.4. The highest BCUT2D eigenvalue weighted by Crippen LogP contribution is 2.36. The third-order valence-electron chi connectivity index (χ3n) is 7.65. The van der Waals surface area contributed by atoms with E-state index in [2.05, 4.69) is 13.0 Å². The van der Waals surface area contributed by atoms with Gasteiger partial charge in [0.15, 0.2) is 23.2 Å². The molecule has 4 rings (SSSR count). The Morgan fingerprint density at radius 3 is 1.93 bits per heavy atom. The van der Waals surface area contributed by atoms with E-state index >= 15 is 8.78 Å². The maximum absolute atomic E-state index is 15.2. The summed E-state index contributed by atoms with van der Waals surface area (Å²) in [7, 11) is 0. The number of hydrogen-bond donors (Lipinski definition) is 0. The van der Waals surface area contributed by atoms with Crippen LogP contribution in [0.4, 0.5) is 17.6 Å². The smallest absolute Gasteiger partial charge is 0.201 e. The highest BCUT2D eigenvalue weighted by Gasteiger charge is 2.21. The predicted octanol–water partition coefficient (Wildman–Crippen LogP) is 11.1. The monoisotopic (exact) mass is 550 g/mol. The first-order chi connectivity index (χ1) is 19.4. The number of unbranched alkanes of at least 4 members (excludes halogenated alkanes) is 5. The minimum absolute atomic E-state index is 0.0819. The summed E-state index contributed by atoms with van der Waals surface area (Å²) in [6.07, 6.45) is 15.0. The molecule has 0 saturated carbocycles. The largest absolute Gasteiger partial charge is 0.490 e. The normalized spacial score (nSPS) is 15.4. The van der Waals surface area contributed by atoms with Crippen molar-refractivity contribution in [3.63, 3.8) is 0 Å². The molecule has 0 heterocycles. The topological polar surface area (TPSA) is 9.23 Å². The van der Waals surface area contributed by atoms with E-state index in [1.54, 1.807) is 36.4 Å². The van der Waals surface area contributed by atoms with Gasteiger partial charge in [0.2, 0.25) is 5.82 Å². The molecular formula is C35H38F4O. The average molecular weight is 551 g/mol. The summed E-state index contributed by atoms with van der Waals surface area (Å²) in [6.45, 7) is 4.48. The first-order valence-electron chi connectivity index (χ1n) is 14.5. The molecule has 1 aliphatic carbocycles. The van der Waals surface area contributed by atoms with Crippen LogP contribution < -0.4 is 4.74 Å². The molecule has 40 heavy (non-hydrogen) atoms. The Kier molecular flexibility index (Phi) is 10.6. The minimum Gasteiger partial charge on any atom is -0.490 e. The van der Waals surface area contributed by atoms with E-state index in [1.807, 2.05) is 19.1 Å². The van der Waals surface area contributed by atoms with Gasteiger partial charge in [0.05, 0.1) is 6.61 Å². The molecule has 0 bridgehead atoms. The summed E-state index contributed by atoms with van der Waals surface area (Å²) in [5.74, 6) is -3.45. The van der Waals surface area contributed by atoms with E-state index < -0.39 is 23.3 Å². The van der Waals surface area contributed by atoms with Crippen LogP contribution in [-0.4, -0.2) is 6.61 Å². The third-order valence-corrected chi connectivity index (χ3v) is 7.65. The van der Waals surface area contributed by atoms with Crippen LogP contribution in [0.2, 0.25) is 0 Å². The lowest BCUT2D eigenvalue weighted by atomic mass is 9.85. The van der Waals surface area contributed by atoms with Gasteiger partial charge in [-0.1, -0.05) is 93.7 Å². The van der Waals surface area contributed by atoms with Crippen molar-refractivity contribution >= 4 is 5.57 Å². The first-order valence-corrected chi connectivity index (χ1v) is 14.5. The summed E-state index contributed by atoms with van der Waals surface area (Å²) >= 11 is 0. The standard InChI is InChI=1S/C35H38F4O/c1-3-5-6-7-8-9-23-40-31-22-21-30(34(38)35(31)39)27-17-15-26(16-18-27)29-20-19-28(32(36)33(29)37)25-13-11-24(10-4-2)12-14-25/h4,10,13,15-22,24H,3,5-9,11-12,14,23H2,1-2H3/b10-4+. The maximum atomic E-state index is 15.2. The maximum Gasteiger partial charge on any atom is 0.201 e. The van der Waals surface area contributed by atoms with Crippen LogP contribution in [0.1, 0.15) is 77.2 Å². The van der Waals surface area contributed by atoms with Gasteiger partial charge in [-0.2, -0.15) is 4.39 Å². The lowest BCUT2D eigenvalue weighted by Crippen LogP contribution is -2.05. The Hall–Kier alpha value is -3.34. The molecule has 0 saturated heterocycles. The average Bonchev–Trinajstić information content (AvgIpc) is 2.97. The van der Waals surface area contributed by atoms with Crippen LogP contribution in [0.3, 0.4) is 0 Å². The van der Waals surface area contributed by atoms with Gasteiger partial charge < -0.3 is 4.74 Å². The number of halogens is 4. The highest BCUT2D eigenvalue weighted by molar-refractivity contribution is 5.74. The molecule has 0 radical (unpaired) electrons. The quantitative estimate of drug-likeness (QED) is 0.124. The zero-order valence-electron chi connectivity index (χ0n) is 23.4. The Labute approximate surface area is 235 Å². The highest BCUT2D eigenvalue weighted by atomic mass is 19.2. The van der Waals surface area contributed by atoms with E-state index in [9.17, 15) is 8.78 Å². The molecule has 0 spiro atoms. The van der Waals surface area contributed by atoms with Crippen LogP contribution in [0.25, 0.3) is 27.8 Å². The number of hydrogen-bond acceptors (Lipinski definition) is 1. The molecule has 1 unspecified atom stereocenters. The molecule has 3 aromatic rings. The van der Waals surface area contributed by atoms with Crippen molar-refractivity contribution in [2.75, 3.05) is 6.61 Å². The minimum atomic E-state index is -1.02. The Balaban J connectivity index is 1.45. The van der Waals surface area contributed by atoms with E-state index in [0.717, 1.165) is 37.7 Å². The number of benzene rings is 3. The summed E-state index contributed by atoms with van der Waals surface area (Å²) in [5, 5.41) is 0. The molecule has 3 aromatic carbocycles. The van der Waals surface area contributed by atoms with Gasteiger partial charge in [0.25, 0.3) is 0 Å². The van der Waals surface area contributed by atoms with Crippen LogP contribution in [0.5, 0.6) is 5.75 Å². The van der Waals surface area contributed by atoms with E-state index in [-0.39, 0.29) is 16.9 Å². The molecule has 212 valence electrons. The van der Waals surface area contributed by atoms with Gasteiger partial charge in [-0.15, -0.1) is 0 Å². The molecule has 5 heteroatoms. The van der Waals surface area contributed by atoms with Crippen molar-refractivity contribution in [2.45, 2.75) is 71.6 Å². The van der Waals surface area contributed by atoms with Gasteiger partial charge in [0.1, 0.15) is 0 Å². The third kappa shape index (κ3) is 7.04. The van der Waals surface area contributed by atoms with Gasteiger partial charge in [-0.25, -0.2) is 13.2 Å². The molecule has 0 amide bonds. The fourth-order valence-electron chi connectivity index (χ4n) is 5.33. The van der Waals surface area contributed by atoms with Gasteiger partial charge in [-0.3, -0.25) is 0 Å². The van der Waals surface area contributed by atoms with Crippen molar-refractivity contribution in [3.8, 4) is 28.0 Å². The van der Waals surface area contributed by atoms with Gasteiger partial charge >= 0.3 is 0 Å². The van der Waals surface area contributed by atoms with Crippen molar-refractivity contribution in [3.05, 3.63) is 95.6 Å². The van der Waals surface area contributed by atoms with Crippen LogP contribution in [0, 0.1) is 29.2 Å². The second-order valence-corrected chi connectivity index (χ2v) is 10.5. The van der Waals surface area contributed by atoms with E-state index in [1.165, 1.54) is 31.4 Å². The lowest BCUT2D eigenvalue weighted by molar-refractivity contribution is 0.285. The van der Waals surface area contributed by atoms with Gasteiger partial charge in [0, 0.05) is 16.7 Å². The second kappa shape index (κ2) is 14.3. The fraction of sp³-hybridized carbons (Fsp3) is 0.371. The lowest BCUT2D eigenvalue weighted by Gasteiger charge is -2.20. The molecule has 1 atom stereocenters. The molecular weight excluding hydrogens is 512 g/mol. The Bertz CT molecular complexity index is 1340. The number of ether oxygens (including phenoxy) is 1. The van der Waals surface area contributed by atoms with Gasteiger partial charge in [-0.05, 0) is 67.4 Å². The van der Waals surface area contributed by atoms with Crippen molar-refractivity contribution in [1.29, 1.82) is 0 Å².